The van der Waals surface area contributed by atoms with E-state index in [4.69, 9.17) is 46.9 Å². The van der Waals surface area contributed by atoms with Crippen LogP contribution in [0.25, 0.3) is 0 Å². The number of carbonyl (C=O) groups is 2. The minimum Gasteiger partial charge on any atom is -0.494 e. The normalized spacial score (nSPS) is 18.4. The summed E-state index contributed by atoms with van der Waals surface area (Å²) < 4.78 is 43.8. The summed E-state index contributed by atoms with van der Waals surface area (Å²) in [6.45, 7) is 2.58. The number of amides is 1. The molecule has 1 amide bonds. The summed E-state index contributed by atoms with van der Waals surface area (Å²) in [6, 6.07) is 16.1. The zero-order chi connectivity index (χ0) is 36.1. The van der Waals surface area contributed by atoms with Gasteiger partial charge in [0.1, 0.15) is 23.6 Å². The number of benzene rings is 3. The van der Waals surface area contributed by atoms with E-state index in [1.54, 1.807) is 48.5 Å². The summed E-state index contributed by atoms with van der Waals surface area (Å²) in [4.78, 5) is 35.0. The lowest BCUT2D eigenvalue weighted by atomic mass is 9.86. The Balaban J connectivity index is 1.24. The number of ether oxygens (including phenoxy) is 5. The lowest BCUT2D eigenvalue weighted by Gasteiger charge is -2.44. The average Bonchev–Trinajstić information content (AvgIpc) is 3.15. The number of halogens is 3. The molecule has 51 heavy (non-hydrogen) atoms. The molecule has 0 aliphatic carbocycles. The topological polar surface area (TPSA) is 99.7 Å². The molecule has 0 radical (unpaired) electrons. The number of piperidine rings is 3. The van der Waals surface area contributed by atoms with Gasteiger partial charge < -0.3 is 23.7 Å². The summed E-state index contributed by atoms with van der Waals surface area (Å²) in [6.07, 6.45) is 3.23. The third kappa shape index (κ3) is 8.16. The van der Waals surface area contributed by atoms with E-state index in [0.29, 0.717) is 44.8 Å². The number of hydrogen-bond acceptors (Lipinski definition) is 9. The van der Waals surface area contributed by atoms with E-state index < -0.39 is 24.0 Å². The summed E-state index contributed by atoms with van der Waals surface area (Å²) in [5.74, 6) is 0.179. The van der Waals surface area contributed by atoms with E-state index >= 15 is 4.39 Å². The first-order valence-corrected chi connectivity index (χ1v) is 17.3. The van der Waals surface area contributed by atoms with Crippen molar-refractivity contribution < 1.29 is 37.7 Å². The molecule has 3 saturated heterocycles. The van der Waals surface area contributed by atoms with Crippen molar-refractivity contribution in [3.8, 4) is 17.2 Å². The van der Waals surface area contributed by atoms with Gasteiger partial charge in [-0.15, -0.1) is 0 Å². The smallest absolute Gasteiger partial charge is 0.415 e. The number of para-hydroxylation sites is 1. The maximum atomic E-state index is 15.4. The number of rotatable bonds is 12. The van der Waals surface area contributed by atoms with Crippen molar-refractivity contribution in [3.63, 3.8) is 0 Å². The van der Waals surface area contributed by atoms with E-state index in [1.807, 2.05) is 0 Å². The number of aromatic nitrogens is 1. The molecule has 268 valence electrons. The standard InChI is InChI=1S/C38H38Cl2FN3O7/c1-47-31-12-11-26(17-34(31)49-3)33(18-27-28(39)19-42-20-29(27)40)50-37(45)25-9-7-23(8-10-25)21-44(36-30(41)5-4-6-32(36)48-2)38(46)51-35-22-43-15-13-24(35)14-16-43/h4-12,17,19-20,24,33,35H,13-16,18,21-22H2,1-3H3/t33-,35-/m0/s1. The second kappa shape index (κ2) is 16.2. The monoisotopic (exact) mass is 737 g/mol. The average molecular weight is 739 g/mol. The fraction of sp³-hybridized carbons (Fsp3) is 0.342. The molecule has 0 N–H and O–H groups in total. The predicted molar refractivity (Wildman–Crippen MR) is 191 cm³/mol. The molecular formula is C38H38Cl2FN3O7. The molecule has 0 saturated carbocycles. The molecule has 3 aromatic carbocycles. The SMILES string of the molecule is COc1ccc([C@H](Cc2c(Cl)cncc2Cl)OC(=O)c2ccc(CN(C(=O)O[C@H]3CN4CCC3CC4)c3c(F)cccc3OC)cc2)cc1OC. The first kappa shape index (κ1) is 36.2. The summed E-state index contributed by atoms with van der Waals surface area (Å²) in [7, 11) is 4.46. The molecule has 3 aliphatic rings. The lowest BCUT2D eigenvalue weighted by molar-refractivity contribution is -0.0312. The van der Waals surface area contributed by atoms with E-state index in [2.05, 4.69) is 9.88 Å². The van der Waals surface area contributed by atoms with E-state index in [1.165, 1.54) is 50.8 Å². The van der Waals surface area contributed by atoms with Crippen LogP contribution >= 0.6 is 23.2 Å². The minimum absolute atomic E-state index is 0.0269. The Bertz CT molecular complexity index is 1850. The van der Waals surface area contributed by atoms with Crippen molar-refractivity contribution in [2.24, 2.45) is 5.92 Å². The van der Waals surface area contributed by atoms with E-state index in [0.717, 1.165) is 25.9 Å². The zero-order valence-electron chi connectivity index (χ0n) is 28.4. The van der Waals surface area contributed by atoms with Crippen LogP contribution < -0.4 is 19.1 Å². The summed E-state index contributed by atoms with van der Waals surface area (Å²) >= 11 is 12.9. The third-order valence-electron chi connectivity index (χ3n) is 9.41. The second-order valence-corrected chi connectivity index (χ2v) is 13.2. The van der Waals surface area contributed by atoms with Crippen molar-refractivity contribution in [1.82, 2.24) is 9.88 Å². The van der Waals surface area contributed by atoms with Crippen molar-refractivity contribution in [2.75, 3.05) is 45.9 Å². The highest BCUT2D eigenvalue weighted by Gasteiger charge is 2.38. The molecule has 4 heterocycles. The Morgan fingerprint density at radius 3 is 2.24 bits per heavy atom. The Hall–Kier alpha value is -4.58. The summed E-state index contributed by atoms with van der Waals surface area (Å²) in [5, 5.41) is 0.660. The van der Waals surface area contributed by atoms with Gasteiger partial charge in [0, 0.05) is 25.4 Å². The molecule has 13 heteroatoms. The Labute approximate surface area is 305 Å². The number of hydrogen-bond donors (Lipinski definition) is 0. The minimum atomic E-state index is -0.820. The molecule has 2 bridgehead atoms. The Kier molecular flexibility index (Phi) is 11.5. The van der Waals surface area contributed by atoms with Gasteiger partial charge >= 0.3 is 12.1 Å². The van der Waals surface area contributed by atoms with Gasteiger partial charge in [0.15, 0.2) is 17.3 Å². The van der Waals surface area contributed by atoms with Gasteiger partial charge in [-0.1, -0.05) is 47.5 Å². The first-order chi connectivity index (χ1) is 24.7. The molecule has 4 aromatic rings. The van der Waals surface area contributed by atoms with Crippen molar-refractivity contribution in [3.05, 3.63) is 111 Å². The zero-order valence-corrected chi connectivity index (χ0v) is 30.0. The van der Waals surface area contributed by atoms with Crippen LogP contribution in [0.5, 0.6) is 17.2 Å². The largest absolute Gasteiger partial charge is 0.494 e. The van der Waals surface area contributed by atoms with Crippen LogP contribution in [0, 0.1) is 11.7 Å². The quantitative estimate of drug-likeness (QED) is 0.134. The van der Waals surface area contributed by atoms with Gasteiger partial charge in [-0.05, 0) is 84.9 Å². The number of fused-ring (bicyclic) bond motifs is 3. The number of carbonyl (C=O) groups excluding carboxylic acids is 2. The molecule has 0 spiro atoms. The lowest BCUT2D eigenvalue weighted by Crippen LogP contribution is -2.53. The fourth-order valence-corrected chi connectivity index (χ4v) is 7.14. The van der Waals surface area contributed by atoms with Gasteiger partial charge in [-0.25, -0.2) is 14.0 Å². The molecule has 2 atom stereocenters. The van der Waals surface area contributed by atoms with Gasteiger partial charge in [-0.3, -0.25) is 14.8 Å². The highest BCUT2D eigenvalue weighted by molar-refractivity contribution is 6.35. The maximum absolute atomic E-state index is 15.4. The number of methoxy groups -OCH3 is 3. The number of nitrogens with zero attached hydrogens (tertiary/aromatic N) is 3. The Morgan fingerprint density at radius 1 is 0.922 bits per heavy atom. The molecule has 3 aliphatic heterocycles. The van der Waals surface area contributed by atoms with Crippen LogP contribution in [0.2, 0.25) is 10.0 Å². The molecule has 10 nitrogen and oxygen atoms in total. The molecule has 0 unspecified atom stereocenters. The van der Waals surface area contributed by atoms with Crippen molar-refractivity contribution in [2.45, 2.75) is 38.0 Å². The van der Waals surface area contributed by atoms with Crippen LogP contribution in [0.3, 0.4) is 0 Å². The number of anilines is 1. The van der Waals surface area contributed by atoms with Gasteiger partial charge in [0.05, 0.1) is 43.5 Å². The first-order valence-electron chi connectivity index (χ1n) is 16.5. The van der Waals surface area contributed by atoms with E-state index in [-0.39, 0.29) is 42.0 Å². The van der Waals surface area contributed by atoms with Crippen LogP contribution in [0.4, 0.5) is 14.9 Å². The highest BCUT2D eigenvalue weighted by Crippen LogP contribution is 2.37. The maximum Gasteiger partial charge on any atom is 0.415 e. The van der Waals surface area contributed by atoms with Crippen LogP contribution in [0.1, 0.15) is 46.0 Å². The number of pyridine rings is 1. The predicted octanol–water partition coefficient (Wildman–Crippen LogP) is 7.93. The fourth-order valence-electron chi connectivity index (χ4n) is 6.62. The van der Waals surface area contributed by atoms with Crippen LogP contribution in [0.15, 0.2) is 73.1 Å². The summed E-state index contributed by atoms with van der Waals surface area (Å²) in [5.41, 5.74) is 2.03. The van der Waals surface area contributed by atoms with Crippen LogP contribution in [-0.4, -0.2) is 69.0 Å². The second-order valence-electron chi connectivity index (χ2n) is 12.4. The Morgan fingerprint density at radius 2 is 1.61 bits per heavy atom. The highest BCUT2D eigenvalue weighted by atomic mass is 35.5. The molecule has 3 fully saturated rings. The van der Waals surface area contributed by atoms with Crippen molar-refractivity contribution in [1.29, 1.82) is 0 Å². The third-order valence-corrected chi connectivity index (χ3v) is 10.1. The molecular weight excluding hydrogens is 700 g/mol. The van der Waals surface area contributed by atoms with Crippen molar-refractivity contribution >= 4 is 41.0 Å². The van der Waals surface area contributed by atoms with E-state index in [9.17, 15) is 9.59 Å². The molecule has 1 aromatic heterocycles. The van der Waals surface area contributed by atoms with Gasteiger partial charge in [-0.2, -0.15) is 0 Å². The number of esters is 1. The van der Waals surface area contributed by atoms with Gasteiger partial charge in [0.25, 0.3) is 0 Å². The van der Waals surface area contributed by atoms with Gasteiger partial charge in [0.2, 0.25) is 0 Å². The molecule has 7 rings (SSSR count). The van der Waals surface area contributed by atoms with Crippen LogP contribution in [-0.2, 0) is 22.4 Å².